The van der Waals surface area contributed by atoms with Crippen LogP contribution in [-0.4, -0.2) is 26.3 Å². The lowest BCUT2D eigenvalue weighted by Gasteiger charge is -2.20. The van der Waals surface area contributed by atoms with Gasteiger partial charge in [0.15, 0.2) is 11.9 Å². The smallest absolute Gasteiger partial charge is 0.270 e. The summed E-state index contributed by atoms with van der Waals surface area (Å²) in [6, 6.07) is 11.1. The Bertz CT molecular complexity index is 1190. The normalized spacial score (nSPS) is 13.6. The van der Waals surface area contributed by atoms with E-state index in [1.54, 1.807) is 17.4 Å². The maximum absolute atomic E-state index is 11.3. The largest absolute Gasteiger partial charge is 0.467 e. The number of thiazole rings is 1. The standard InChI is InChI=1S/C17H12N4O4S2/c22-21(23)12-5-10-7-24-9-25-15(10)11(6-12)8-26-16-18-19-17-20(16)13-3-1-2-4-14(13)27-17/h1-6H,7-9H2. The Morgan fingerprint density at radius 2 is 2.19 bits per heavy atom. The predicted octanol–water partition coefficient (Wildman–Crippen LogP) is 4.01. The van der Waals surface area contributed by atoms with E-state index in [2.05, 4.69) is 10.2 Å². The van der Waals surface area contributed by atoms with E-state index in [4.69, 9.17) is 9.47 Å². The molecule has 136 valence electrons. The summed E-state index contributed by atoms with van der Waals surface area (Å²) in [4.78, 5) is 11.7. The van der Waals surface area contributed by atoms with Gasteiger partial charge >= 0.3 is 0 Å². The topological polar surface area (TPSA) is 91.8 Å². The van der Waals surface area contributed by atoms with Crippen molar-refractivity contribution >= 4 is 44.0 Å². The van der Waals surface area contributed by atoms with Crippen LogP contribution in [0.3, 0.4) is 0 Å². The zero-order chi connectivity index (χ0) is 18.4. The highest BCUT2D eigenvalue weighted by molar-refractivity contribution is 7.98. The van der Waals surface area contributed by atoms with Crippen molar-refractivity contribution in [2.75, 3.05) is 6.79 Å². The van der Waals surface area contributed by atoms with Crippen LogP contribution >= 0.6 is 23.1 Å². The summed E-state index contributed by atoms with van der Waals surface area (Å²) in [5.41, 5.74) is 2.53. The van der Waals surface area contributed by atoms with E-state index in [-0.39, 0.29) is 12.5 Å². The van der Waals surface area contributed by atoms with Crippen molar-refractivity contribution in [1.82, 2.24) is 14.6 Å². The number of ether oxygens (including phenoxy) is 2. The molecule has 0 saturated heterocycles. The molecule has 0 N–H and O–H groups in total. The highest BCUT2D eigenvalue weighted by Crippen LogP contribution is 2.37. The van der Waals surface area contributed by atoms with Gasteiger partial charge in [-0.3, -0.25) is 14.5 Å². The first-order valence-electron chi connectivity index (χ1n) is 8.07. The number of non-ortho nitro benzene ring substituents is 1. The molecule has 0 saturated carbocycles. The number of nitro benzene ring substituents is 1. The second-order valence-corrected chi connectivity index (χ2v) is 7.87. The number of aromatic nitrogens is 3. The number of nitro groups is 1. The molecule has 0 aliphatic carbocycles. The first kappa shape index (κ1) is 16.5. The van der Waals surface area contributed by atoms with Crippen LogP contribution in [0.25, 0.3) is 15.2 Å². The SMILES string of the molecule is O=[N+]([O-])c1cc2c(c(CSc3nnc4sc5ccccc5n34)c1)OCOC2. The fourth-order valence-corrected chi connectivity index (χ4v) is 5.02. The molecule has 0 bridgehead atoms. The number of hydrogen-bond acceptors (Lipinski definition) is 8. The van der Waals surface area contributed by atoms with Crippen LogP contribution in [-0.2, 0) is 17.1 Å². The molecule has 0 amide bonds. The Morgan fingerprint density at radius 3 is 3.07 bits per heavy atom. The summed E-state index contributed by atoms with van der Waals surface area (Å²) in [7, 11) is 0. The molecule has 0 atom stereocenters. The Hall–Kier alpha value is -2.69. The number of benzene rings is 2. The van der Waals surface area contributed by atoms with Gasteiger partial charge in [0.25, 0.3) is 5.69 Å². The molecular weight excluding hydrogens is 388 g/mol. The summed E-state index contributed by atoms with van der Waals surface area (Å²) in [6.45, 7) is 0.450. The lowest BCUT2D eigenvalue weighted by molar-refractivity contribution is -0.385. The van der Waals surface area contributed by atoms with Crippen LogP contribution in [0.2, 0.25) is 0 Å². The van der Waals surface area contributed by atoms with E-state index in [0.29, 0.717) is 23.7 Å². The number of nitrogens with zero attached hydrogens (tertiary/aromatic N) is 4. The highest BCUT2D eigenvalue weighted by atomic mass is 32.2. The summed E-state index contributed by atoms with van der Waals surface area (Å²) in [6.07, 6.45) is 0. The molecule has 2 aromatic heterocycles. The molecule has 0 fully saturated rings. The summed E-state index contributed by atoms with van der Waals surface area (Å²) < 4.78 is 14.0. The van der Waals surface area contributed by atoms with Gasteiger partial charge in [-0.25, -0.2) is 0 Å². The zero-order valence-electron chi connectivity index (χ0n) is 13.8. The van der Waals surface area contributed by atoms with Gasteiger partial charge in [0.2, 0.25) is 4.96 Å². The minimum Gasteiger partial charge on any atom is -0.467 e. The second-order valence-electron chi connectivity index (χ2n) is 5.92. The maximum Gasteiger partial charge on any atom is 0.270 e. The Labute approximate surface area is 160 Å². The lowest BCUT2D eigenvalue weighted by Crippen LogP contribution is -2.13. The third-order valence-electron chi connectivity index (χ3n) is 4.25. The van der Waals surface area contributed by atoms with E-state index >= 15 is 0 Å². The van der Waals surface area contributed by atoms with Crippen molar-refractivity contribution in [3.05, 3.63) is 57.6 Å². The number of fused-ring (bicyclic) bond motifs is 4. The Balaban J connectivity index is 1.52. The van der Waals surface area contributed by atoms with Crippen LogP contribution < -0.4 is 4.74 Å². The molecule has 8 nitrogen and oxygen atoms in total. The van der Waals surface area contributed by atoms with Gasteiger partial charge < -0.3 is 9.47 Å². The van der Waals surface area contributed by atoms with Gasteiger partial charge in [0.1, 0.15) is 5.75 Å². The van der Waals surface area contributed by atoms with Gasteiger partial charge in [0.05, 0.1) is 21.7 Å². The number of thioether (sulfide) groups is 1. The monoisotopic (exact) mass is 400 g/mol. The summed E-state index contributed by atoms with van der Waals surface area (Å²) in [5.74, 6) is 1.14. The highest BCUT2D eigenvalue weighted by Gasteiger charge is 2.22. The molecule has 0 unspecified atom stereocenters. The number of hydrogen-bond donors (Lipinski definition) is 0. The molecule has 4 aromatic rings. The minimum absolute atomic E-state index is 0.0332. The number of para-hydroxylation sites is 1. The van der Waals surface area contributed by atoms with Crippen molar-refractivity contribution in [2.45, 2.75) is 17.5 Å². The van der Waals surface area contributed by atoms with Crippen molar-refractivity contribution in [1.29, 1.82) is 0 Å². The molecule has 27 heavy (non-hydrogen) atoms. The van der Waals surface area contributed by atoms with Crippen LogP contribution in [0.5, 0.6) is 5.75 Å². The first-order chi connectivity index (χ1) is 13.2. The van der Waals surface area contributed by atoms with Gasteiger partial charge in [-0.1, -0.05) is 35.2 Å². The third-order valence-corrected chi connectivity index (χ3v) is 6.24. The third kappa shape index (κ3) is 2.82. The predicted molar refractivity (Wildman–Crippen MR) is 101 cm³/mol. The molecular formula is C17H12N4O4S2. The van der Waals surface area contributed by atoms with Crippen molar-refractivity contribution in [3.63, 3.8) is 0 Å². The summed E-state index contributed by atoms with van der Waals surface area (Å²) in [5, 5.41) is 20.5. The lowest BCUT2D eigenvalue weighted by atomic mass is 10.1. The molecule has 2 aromatic carbocycles. The van der Waals surface area contributed by atoms with Crippen LogP contribution in [0.1, 0.15) is 11.1 Å². The van der Waals surface area contributed by atoms with E-state index in [1.165, 1.54) is 17.8 Å². The van der Waals surface area contributed by atoms with Crippen LogP contribution in [0.15, 0.2) is 41.6 Å². The fraction of sp³-hybridized carbons (Fsp3) is 0.176. The van der Waals surface area contributed by atoms with Gasteiger partial charge in [-0.05, 0) is 12.1 Å². The average molecular weight is 400 g/mol. The van der Waals surface area contributed by atoms with E-state index < -0.39 is 4.92 Å². The van der Waals surface area contributed by atoms with Crippen molar-refractivity contribution in [2.24, 2.45) is 0 Å². The van der Waals surface area contributed by atoms with Crippen LogP contribution in [0.4, 0.5) is 5.69 Å². The average Bonchev–Trinajstić information content (AvgIpc) is 3.25. The molecule has 0 spiro atoms. The van der Waals surface area contributed by atoms with E-state index in [9.17, 15) is 10.1 Å². The molecule has 5 rings (SSSR count). The van der Waals surface area contributed by atoms with Crippen LogP contribution in [0, 0.1) is 10.1 Å². The quantitative estimate of drug-likeness (QED) is 0.290. The van der Waals surface area contributed by atoms with E-state index in [1.807, 2.05) is 28.7 Å². The van der Waals surface area contributed by atoms with E-state index in [0.717, 1.165) is 25.9 Å². The Morgan fingerprint density at radius 1 is 1.30 bits per heavy atom. The summed E-state index contributed by atoms with van der Waals surface area (Å²) >= 11 is 3.05. The first-order valence-corrected chi connectivity index (χ1v) is 9.87. The van der Waals surface area contributed by atoms with Gasteiger partial charge in [-0.15, -0.1) is 10.2 Å². The molecule has 3 heterocycles. The Kier molecular flexibility index (Phi) is 3.96. The van der Waals surface area contributed by atoms with Crippen molar-refractivity contribution < 1.29 is 14.4 Å². The molecule has 1 aliphatic heterocycles. The second kappa shape index (κ2) is 6.48. The molecule has 0 radical (unpaired) electrons. The molecule has 10 heteroatoms. The minimum atomic E-state index is -0.398. The van der Waals surface area contributed by atoms with Gasteiger partial charge in [0, 0.05) is 29.0 Å². The molecule has 1 aliphatic rings. The zero-order valence-corrected chi connectivity index (χ0v) is 15.5. The number of rotatable bonds is 4. The van der Waals surface area contributed by atoms with Crippen molar-refractivity contribution in [3.8, 4) is 5.75 Å². The maximum atomic E-state index is 11.3. The van der Waals surface area contributed by atoms with Gasteiger partial charge in [-0.2, -0.15) is 0 Å². The fourth-order valence-electron chi connectivity index (χ4n) is 3.08.